The van der Waals surface area contributed by atoms with Crippen molar-refractivity contribution in [3.63, 3.8) is 0 Å². The predicted octanol–water partition coefficient (Wildman–Crippen LogP) is 2.72. The highest BCUT2D eigenvalue weighted by Crippen LogP contribution is 2.28. The maximum absolute atomic E-state index is 11.5. The Labute approximate surface area is 121 Å². The summed E-state index contributed by atoms with van der Waals surface area (Å²) in [5.74, 6) is -0.131. The van der Waals surface area contributed by atoms with Crippen LogP contribution in [-0.4, -0.2) is 27.8 Å². The number of hydrogen-bond acceptors (Lipinski definition) is 4. The number of H-pyrrole nitrogens is 1. The van der Waals surface area contributed by atoms with Crippen molar-refractivity contribution in [3.05, 3.63) is 47.3 Å². The Kier molecular flexibility index (Phi) is 3.78. The van der Waals surface area contributed by atoms with Gasteiger partial charge in [0.05, 0.1) is 12.3 Å². The number of cyclic esters (lactones) is 1. The molecule has 0 bridgehead atoms. The lowest BCUT2D eigenvalue weighted by Crippen LogP contribution is -2.09. The van der Waals surface area contributed by atoms with Crippen LogP contribution >= 0.6 is 11.8 Å². The van der Waals surface area contributed by atoms with Gasteiger partial charge in [0.2, 0.25) is 0 Å². The number of aromatic nitrogens is 2. The van der Waals surface area contributed by atoms with Gasteiger partial charge in [0.1, 0.15) is 5.25 Å². The van der Waals surface area contributed by atoms with E-state index in [2.05, 4.69) is 22.1 Å². The predicted molar refractivity (Wildman–Crippen MR) is 77.8 cm³/mol. The molecule has 5 heteroatoms. The van der Waals surface area contributed by atoms with E-state index >= 15 is 0 Å². The second-order valence-electron chi connectivity index (χ2n) is 4.84. The summed E-state index contributed by atoms with van der Waals surface area (Å²) < 4.78 is 4.97. The van der Waals surface area contributed by atoms with Gasteiger partial charge in [-0.3, -0.25) is 4.79 Å². The average Bonchev–Trinajstić information content (AvgIpc) is 2.99. The van der Waals surface area contributed by atoms with Gasteiger partial charge in [-0.2, -0.15) is 0 Å². The highest BCUT2D eigenvalue weighted by atomic mass is 32.2. The topological polar surface area (TPSA) is 55.0 Å². The minimum atomic E-state index is -0.131. The van der Waals surface area contributed by atoms with Crippen molar-refractivity contribution in [2.45, 2.75) is 30.2 Å². The second-order valence-corrected chi connectivity index (χ2v) is 6.03. The van der Waals surface area contributed by atoms with E-state index in [0.717, 1.165) is 29.4 Å². The normalized spacial score (nSPS) is 18.2. The second kappa shape index (κ2) is 5.71. The van der Waals surface area contributed by atoms with Gasteiger partial charge in [-0.25, -0.2) is 4.98 Å². The summed E-state index contributed by atoms with van der Waals surface area (Å²) in [5.41, 5.74) is 3.33. The highest BCUT2D eigenvalue weighted by molar-refractivity contribution is 8.00. The van der Waals surface area contributed by atoms with E-state index in [-0.39, 0.29) is 11.2 Å². The minimum Gasteiger partial charge on any atom is -0.465 e. The van der Waals surface area contributed by atoms with Crippen LogP contribution in [0.15, 0.2) is 35.5 Å². The van der Waals surface area contributed by atoms with Crippen LogP contribution in [0.4, 0.5) is 0 Å². The van der Waals surface area contributed by atoms with Crippen molar-refractivity contribution in [2.75, 3.05) is 6.61 Å². The average molecular weight is 288 g/mol. The number of rotatable bonds is 4. The number of hydrogen-bond donors (Lipinski definition) is 1. The van der Waals surface area contributed by atoms with Gasteiger partial charge in [0.25, 0.3) is 0 Å². The fourth-order valence-corrected chi connectivity index (χ4v) is 3.23. The number of carbonyl (C=O) groups excluding carboxylic acids is 1. The zero-order valence-corrected chi connectivity index (χ0v) is 12.1. The fourth-order valence-electron chi connectivity index (χ4n) is 2.20. The molecule has 0 unspecified atom stereocenters. The van der Waals surface area contributed by atoms with Crippen molar-refractivity contribution in [2.24, 2.45) is 0 Å². The summed E-state index contributed by atoms with van der Waals surface area (Å²) in [5, 5.41) is 0.683. The molecule has 1 saturated heterocycles. The molecule has 2 aromatic rings. The zero-order valence-electron chi connectivity index (χ0n) is 11.3. The third-order valence-corrected chi connectivity index (χ3v) is 4.45. The molecular weight excluding hydrogens is 272 g/mol. The van der Waals surface area contributed by atoms with E-state index in [0.29, 0.717) is 6.61 Å². The molecule has 1 N–H and O–H groups in total. The van der Waals surface area contributed by atoms with Gasteiger partial charge in [-0.05, 0) is 12.5 Å². The molecule has 4 nitrogen and oxygen atoms in total. The first kappa shape index (κ1) is 13.2. The van der Waals surface area contributed by atoms with E-state index in [1.807, 2.05) is 25.1 Å². The third kappa shape index (κ3) is 2.88. The maximum Gasteiger partial charge on any atom is 0.319 e. The Morgan fingerprint density at radius 3 is 2.90 bits per heavy atom. The number of benzene rings is 1. The monoisotopic (exact) mass is 288 g/mol. The number of aromatic amines is 1. The lowest BCUT2D eigenvalue weighted by molar-refractivity contribution is -0.137. The zero-order chi connectivity index (χ0) is 13.9. The van der Waals surface area contributed by atoms with Gasteiger partial charge in [-0.1, -0.05) is 42.1 Å². The van der Waals surface area contributed by atoms with Crippen molar-refractivity contribution in [3.8, 4) is 0 Å². The smallest absolute Gasteiger partial charge is 0.319 e. The van der Waals surface area contributed by atoms with Gasteiger partial charge in [-0.15, -0.1) is 0 Å². The van der Waals surface area contributed by atoms with Crippen LogP contribution in [0.2, 0.25) is 0 Å². The van der Waals surface area contributed by atoms with Crippen LogP contribution < -0.4 is 0 Å². The lowest BCUT2D eigenvalue weighted by Gasteiger charge is -2.01. The van der Waals surface area contributed by atoms with Gasteiger partial charge in [0.15, 0.2) is 5.16 Å². The molecule has 0 spiro atoms. The number of imidazole rings is 1. The van der Waals surface area contributed by atoms with Crippen LogP contribution in [-0.2, 0) is 16.0 Å². The summed E-state index contributed by atoms with van der Waals surface area (Å²) >= 11 is 1.46. The third-order valence-electron chi connectivity index (χ3n) is 3.32. The van der Waals surface area contributed by atoms with E-state index < -0.39 is 0 Å². The van der Waals surface area contributed by atoms with Crippen molar-refractivity contribution in [1.82, 2.24) is 9.97 Å². The van der Waals surface area contributed by atoms with Crippen molar-refractivity contribution < 1.29 is 9.53 Å². The molecule has 1 aromatic carbocycles. The Morgan fingerprint density at radius 2 is 2.20 bits per heavy atom. The molecule has 20 heavy (non-hydrogen) atoms. The minimum absolute atomic E-state index is 0.120. The molecule has 1 aliphatic rings. The Bertz CT molecular complexity index is 610. The van der Waals surface area contributed by atoms with Crippen molar-refractivity contribution >= 4 is 17.7 Å². The maximum atomic E-state index is 11.5. The summed E-state index contributed by atoms with van der Waals surface area (Å²) in [6.07, 6.45) is 1.57. The first-order valence-corrected chi connectivity index (χ1v) is 7.53. The lowest BCUT2D eigenvalue weighted by atomic mass is 10.1. The Hall–Kier alpha value is -1.75. The number of esters is 1. The SMILES string of the molecule is Cc1[nH]c(S[C@H]2CCOC2=O)nc1Cc1ccccc1. The molecule has 3 rings (SSSR count). The van der Waals surface area contributed by atoms with Crippen molar-refractivity contribution in [1.29, 1.82) is 0 Å². The van der Waals surface area contributed by atoms with E-state index in [4.69, 9.17) is 4.74 Å². The first-order valence-electron chi connectivity index (χ1n) is 6.65. The molecule has 1 fully saturated rings. The fraction of sp³-hybridized carbons (Fsp3) is 0.333. The standard InChI is InChI=1S/C15H16N2O2S/c1-10-12(9-11-5-3-2-4-6-11)17-15(16-10)20-13-7-8-19-14(13)18/h2-6,13H,7-9H2,1H3,(H,16,17)/t13-/m0/s1. The largest absolute Gasteiger partial charge is 0.465 e. The number of carbonyl (C=O) groups is 1. The molecule has 1 atom stereocenters. The molecule has 2 heterocycles. The Balaban J connectivity index is 1.72. The molecule has 0 aliphatic carbocycles. The number of thioether (sulfide) groups is 1. The Morgan fingerprint density at radius 1 is 1.40 bits per heavy atom. The summed E-state index contributed by atoms with van der Waals surface area (Å²) in [4.78, 5) is 19.3. The van der Waals surface area contributed by atoms with Gasteiger partial charge >= 0.3 is 5.97 Å². The molecule has 1 aromatic heterocycles. The van der Waals surface area contributed by atoms with Crippen LogP contribution in [0, 0.1) is 6.92 Å². The number of nitrogens with one attached hydrogen (secondary N) is 1. The van der Waals surface area contributed by atoms with Crippen LogP contribution in [0.5, 0.6) is 0 Å². The van der Waals surface area contributed by atoms with E-state index in [9.17, 15) is 4.79 Å². The van der Waals surface area contributed by atoms with Gasteiger partial charge in [0, 0.05) is 18.5 Å². The first-order chi connectivity index (χ1) is 9.72. The van der Waals surface area contributed by atoms with Crippen LogP contribution in [0.1, 0.15) is 23.4 Å². The van der Waals surface area contributed by atoms with Crippen LogP contribution in [0.3, 0.4) is 0 Å². The number of ether oxygens (including phenoxy) is 1. The quantitative estimate of drug-likeness (QED) is 0.879. The summed E-state index contributed by atoms with van der Waals surface area (Å²) in [6, 6.07) is 10.3. The molecule has 0 radical (unpaired) electrons. The highest BCUT2D eigenvalue weighted by Gasteiger charge is 2.28. The van der Waals surface area contributed by atoms with Gasteiger partial charge < -0.3 is 9.72 Å². The van der Waals surface area contributed by atoms with E-state index in [1.165, 1.54) is 17.3 Å². The van der Waals surface area contributed by atoms with E-state index in [1.54, 1.807) is 0 Å². The molecule has 1 aliphatic heterocycles. The van der Waals surface area contributed by atoms with Crippen LogP contribution in [0.25, 0.3) is 0 Å². The molecule has 0 saturated carbocycles. The molecular formula is C15H16N2O2S. The number of aryl methyl sites for hydroxylation is 1. The summed E-state index contributed by atoms with van der Waals surface area (Å²) in [6.45, 7) is 2.54. The molecule has 0 amide bonds. The number of nitrogens with zero attached hydrogens (tertiary/aromatic N) is 1. The summed E-state index contributed by atoms with van der Waals surface area (Å²) in [7, 11) is 0. The molecule has 104 valence electrons.